The Morgan fingerprint density at radius 2 is 1.91 bits per heavy atom. The third-order valence-corrected chi connectivity index (χ3v) is 6.11. The normalized spacial score (nSPS) is 17.6. The number of alkyl halides is 3. The van der Waals surface area contributed by atoms with Gasteiger partial charge in [-0.15, -0.1) is 0 Å². The van der Waals surface area contributed by atoms with Gasteiger partial charge in [-0.1, -0.05) is 6.42 Å². The molecule has 2 N–H and O–H groups in total. The molecule has 170 valence electrons. The predicted molar refractivity (Wildman–Crippen MR) is 116 cm³/mol. The lowest BCUT2D eigenvalue weighted by Crippen LogP contribution is -2.36. The monoisotopic (exact) mass is 446 g/mol. The summed E-state index contributed by atoms with van der Waals surface area (Å²) >= 11 is 0. The van der Waals surface area contributed by atoms with E-state index in [0.717, 1.165) is 31.5 Å². The van der Waals surface area contributed by atoms with Crippen LogP contribution in [0.1, 0.15) is 53.4 Å². The third kappa shape index (κ3) is 4.32. The SMILES string of the molecule is Cc1oc2ccc(O)c(CN3CCCC[C@@H]3C)c2c1C(=O)Nc1ccc(C(F)(F)F)cc1. The van der Waals surface area contributed by atoms with Crippen LogP contribution in [-0.2, 0) is 12.7 Å². The van der Waals surface area contributed by atoms with Gasteiger partial charge in [0.15, 0.2) is 0 Å². The van der Waals surface area contributed by atoms with Crippen LogP contribution in [0.3, 0.4) is 0 Å². The number of piperidine rings is 1. The molecule has 1 saturated heterocycles. The van der Waals surface area contributed by atoms with E-state index in [1.165, 1.54) is 18.6 Å². The van der Waals surface area contributed by atoms with Crippen molar-refractivity contribution in [2.75, 3.05) is 11.9 Å². The molecule has 1 aromatic heterocycles. The van der Waals surface area contributed by atoms with Crippen LogP contribution in [0.5, 0.6) is 5.75 Å². The molecule has 2 aromatic carbocycles. The van der Waals surface area contributed by atoms with Crippen molar-refractivity contribution < 1.29 is 27.5 Å². The summed E-state index contributed by atoms with van der Waals surface area (Å²) in [6.07, 6.45) is -1.13. The van der Waals surface area contributed by atoms with Gasteiger partial charge >= 0.3 is 6.18 Å². The number of hydrogen-bond donors (Lipinski definition) is 2. The maximum absolute atomic E-state index is 13.1. The van der Waals surface area contributed by atoms with E-state index in [0.29, 0.717) is 34.9 Å². The first-order valence-electron chi connectivity index (χ1n) is 10.6. The van der Waals surface area contributed by atoms with Crippen LogP contribution in [0.2, 0.25) is 0 Å². The molecule has 8 heteroatoms. The van der Waals surface area contributed by atoms with Gasteiger partial charge in [0.25, 0.3) is 5.91 Å². The van der Waals surface area contributed by atoms with Gasteiger partial charge in [-0.25, -0.2) is 0 Å². The van der Waals surface area contributed by atoms with Crippen LogP contribution in [-0.4, -0.2) is 28.5 Å². The number of aromatic hydroxyl groups is 1. The van der Waals surface area contributed by atoms with Crippen molar-refractivity contribution >= 4 is 22.6 Å². The van der Waals surface area contributed by atoms with E-state index < -0.39 is 17.6 Å². The maximum Gasteiger partial charge on any atom is 0.416 e. The molecule has 0 bridgehead atoms. The summed E-state index contributed by atoms with van der Waals surface area (Å²) in [5, 5.41) is 13.8. The smallest absolute Gasteiger partial charge is 0.416 e. The van der Waals surface area contributed by atoms with Gasteiger partial charge in [0.1, 0.15) is 17.1 Å². The third-order valence-electron chi connectivity index (χ3n) is 6.11. The number of fused-ring (bicyclic) bond motifs is 1. The lowest BCUT2D eigenvalue weighted by molar-refractivity contribution is -0.137. The fourth-order valence-electron chi connectivity index (χ4n) is 4.33. The highest BCUT2D eigenvalue weighted by atomic mass is 19.4. The molecule has 5 nitrogen and oxygen atoms in total. The Kier molecular flexibility index (Phi) is 5.90. The standard InChI is InChI=1S/C24H25F3N2O3/c1-14-5-3-4-12-29(14)13-18-19(30)10-11-20-22(18)21(15(2)32-20)23(31)28-17-8-6-16(7-9-17)24(25,26)27/h6-11,14,30H,3-5,12-13H2,1-2H3,(H,28,31)/t14-/m0/s1. The summed E-state index contributed by atoms with van der Waals surface area (Å²) in [4.78, 5) is 15.4. The number of furan rings is 1. The number of phenols is 1. The highest BCUT2D eigenvalue weighted by Crippen LogP contribution is 2.36. The predicted octanol–water partition coefficient (Wildman–Crippen LogP) is 6.09. The Morgan fingerprint density at radius 3 is 2.56 bits per heavy atom. The van der Waals surface area contributed by atoms with Crippen molar-refractivity contribution in [3.63, 3.8) is 0 Å². The molecular weight excluding hydrogens is 421 g/mol. The molecule has 32 heavy (non-hydrogen) atoms. The molecule has 1 atom stereocenters. The molecule has 4 rings (SSSR count). The zero-order valence-electron chi connectivity index (χ0n) is 17.9. The number of nitrogens with one attached hydrogen (secondary N) is 1. The molecule has 0 aliphatic carbocycles. The summed E-state index contributed by atoms with van der Waals surface area (Å²) in [6.45, 7) is 5.19. The van der Waals surface area contributed by atoms with E-state index in [1.54, 1.807) is 19.1 Å². The second-order valence-electron chi connectivity index (χ2n) is 8.31. The second-order valence-corrected chi connectivity index (χ2v) is 8.31. The molecule has 1 fully saturated rings. The Morgan fingerprint density at radius 1 is 1.19 bits per heavy atom. The van der Waals surface area contributed by atoms with Crippen LogP contribution in [0.4, 0.5) is 18.9 Å². The molecule has 2 heterocycles. The summed E-state index contributed by atoms with van der Waals surface area (Å²) in [5.41, 5.74) is 0.824. The molecule has 1 amide bonds. The van der Waals surface area contributed by atoms with Gasteiger partial charge in [0, 0.05) is 29.2 Å². The first-order chi connectivity index (χ1) is 15.1. The van der Waals surface area contributed by atoms with Crippen molar-refractivity contribution in [2.24, 2.45) is 0 Å². The van der Waals surface area contributed by atoms with E-state index in [4.69, 9.17) is 4.42 Å². The zero-order chi connectivity index (χ0) is 23.0. The van der Waals surface area contributed by atoms with Gasteiger partial charge in [-0.2, -0.15) is 13.2 Å². The minimum absolute atomic E-state index is 0.0830. The van der Waals surface area contributed by atoms with Crippen LogP contribution < -0.4 is 5.32 Å². The van der Waals surface area contributed by atoms with Crippen LogP contribution in [0.15, 0.2) is 40.8 Å². The number of likely N-dealkylation sites (tertiary alicyclic amines) is 1. The topological polar surface area (TPSA) is 65.7 Å². The number of phenolic OH excluding ortho intramolecular Hbond substituents is 1. The Bertz CT molecular complexity index is 1140. The summed E-state index contributed by atoms with van der Waals surface area (Å²) in [5.74, 6) is -0.0397. The molecule has 1 aliphatic heterocycles. The first-order valence-corrected chi connectivity index (χ1v) is 10.6. The number of nitrogens with zero attached hydrogens (tertiary/aromatic N) is 1. The van der Waals surface area contributed by atoms with E-state index in [9.17, 15) is 23.1 Å². The number of amides is 1. The number of benzene rings is 2. The van der Waals surface area contributed by atoms with Crippen LogP contribution in [0, 0.1) is 6.92 Å². The second kappa shape index (κ2) is 8.50. The molecule has 0 unspecified atom stereocenters. The van der Waals surface area contributed by atoms with Gasteiger partial charge in [-0.05, 0) is 69.6 Å². The van der Waals surface area contributed by atoms with Crippen molar-refractivity contribution in [3.05, 3.63) is 58.8 Å². The number of aryl methyl sites for hydroxylation is 1. The minimum atomic E-state index is -4.45. The first kappa shape index (κ1) is 22.2. The molecule has 0 spiro atoms. The van der Waals surface area contributed by atoms with Crippen LogP contribution in [0.25, 0.3) is 11.0 Å². The molecule has 0 radical (unpaired) electrons. The van der Waals surface area contributed by atoms with E-state index in [1.807, 2.05) is 0 Å². The van der Waals surface area contributed by atoms with Gasteiger partial charge < -0.3 is 14.8 Å². The van der Waals surface area contributed by atoms with Crippen LogP contribution >= 0.6 is 0 Å². The van der Waals surface area contributed by atoms with Gasteiger partial charge in [0.05, 0.1) is 11.1 Å². The Hall–Kier alpha value is -3.00. The fraction of sp³-hybridized carbons (Fsp3) is 0.375. The Labute approximate surface area is 183 Å². The molecule has 1 aliphatic rings. The van der Waals surface area contributed by atoms with Crippen molar-refractivity contribution in [1.82, 2.24) is 4.90 Å². The number of rotatable bonds is 4. The largest absolute Gasteiger partial charge is 0.508 e. The average molecular weight is 446 g/mol. The highest BCUT2D eigenvalue weighted by molar-refractivity contribution is 6.14. The molecule has 3 aromatic rings. The molecule has 0 saturated carbocycles. The Balaban J connectivity index is 1.68. The number of hydrogen-bond acceptors (Lipinski definition) is 4. The van der Waals surface area contributed by atoms with Crippen molar-refractivity contribution in [1.29, 1.82) is 0 Å². The summed E-state index contributed by atoms with van der Waals surface area (Å²) < 4.78 is 44.2. The zero-order valence-corrected chi connectivity index (χ0v) is 17.9. The maximum atomic E-state index is 13.1. The fourth-order valence-corrected chi connectivity index (χ4v) is 4.33. The molecular formula is C24H25F3N2O3. The van der Waals surface area contributed by atoms with E-state index >= 15 is 0 Å². The van der Waals surface area contributed by atoms with Gasteiger partial charge in [0.2, 0.25) is 0 Å². The highest BCUT2D eigenvalue weighted by Gasteiger charge is 2.30. The van der Waals surface area contributed by atoms with E-state index in [2.05, 4.69) is 17.1 Å². The van der Waals surface area contributed by atoms with E-state index in [-0.39, 0.29) is 17.0 Å². The summed E-state index contributed by atoms with van der Waals surface area (Å²) in [7, 11) is 0. The quantitative estimate of drug-likeness (QED) is 0.509. The lowest BCUT2D eigenvalue weighted by Gasteiger charge is -2.33. The average Bonchev–Trinajstić information content (AvgIpc) is 3.07. The van der Waals surface area contributed by atoms with Gasteiger partial charge in [-0.3, -0.25) is 9.69 Å². The number of halogens is 3. The summed E-state index contributed by atoms with van der Waals surface area (Å²) in [6, 6.07) is 7.81. The lowest BCUT2D eigenvalue weighted by atomic mass is 9.99. The number of anilines is 1. The van der Waals surface area contributed by atoms with Crippen molar-refractivity contribution in [3.8, 4) is 5.75 Å². The minimum Gasteiger partial charge on any atom is -0.508 e. The van der Waals surface area contributed by atoms with Crippen molar-refractivity contribution in [2.45, 2.75) is 51.9 Å². The number of carbonyl (C=O) groups excluding carboxylic acids is 1. The number of carbonyl (C=O) groups is 1.